The molecule has 0 saturated carbocycles. The number of carbonyl (C=O) groups is 1. The molecule has 7 heteroatoms. The number of hydrogen-bond acceptors (Lipinski definition) is 4. The average molecular weight is 220 g/mol. The van der Waals surface area contributed by atoms with Crippen molar-refractivity contribution in [1.29, 1.82) is 0 Å². The highest BCUT2D eigenvalue weighted by Gasteiger charge is 2.10. The van der Waals surface area contributed by atoms with Crippen LogP contribution in [-0.2, 0) is 13.6 Å². The Bertz CT molecular complexity index is 500. The molecule has 2 heterocycles. The number of H-pyrrole nitrogens is 1. The van der Waals surface area contributed by atoms with Crippen molar-refractivity contribution >= 4 is 11.9 Å². The summed E-state index contributed by atoms with van der Waals surface area (Å²) in [6.07, 6.45) is 1.91. The van der Waals surface area contributed by atoms with Crippen LogP contribution < -0.4 is 11.1 Å². The Kier molecular flexibility index (Phi) is 2.59. The molecule has 0 aliphatic carbocycles. The molecule has 0 fully saturated rings. The van der Waals surface area contributed by atoms with Gasteiger partial charge in [-0.3, -0.25) is 9.89 Å². The number of aromatic nitrogens is 4. The molecule has 2 rings (SSSR count). The number of nitrogens with one attached hydrogen (secondary N) is 2. The minimum Gasteiger partial charge on any atom is -0.366 e. The number of hydrogen-bond donors (Lipinski definition) is 3. The molecule has 0 saturated heterocycles. The lowest BCUT2D eigenvalue weighted by Gasteiger charge is -2.04. The summed E-state index contributed by atoms with van der Waals surface area (Å²) in [5.74, 6) is -0.152. The van der Waals surface area contributed by atoms with E-state index in [-0.39, 0.29) is 17.7 Å². The maximum Gasteiger partial charge on any atom is 0.288 e. The topological polar surface area (TPSA) is 102 Å². The predicted octanol–water partition coefficient (Wildman–Crippen LogP) is -0.345. The monoisotopic (exact) mass is 220 g/mol. The van der Waals surface area contributed by atoms with Crippen LogP contribution in [0.25, 0.3) is 0 Å². The molecule has 7 nitrogen and oxygen atoms in total. The number of nitrogens with zero attached hydrogens (tertiary/aromatic N) is 3. The lowest BCUT2D eigenvalue weighted by Crippen LogP contribution is -2.25. The van der Waals surface area contributed by atoms with Gasteiger partial charge >= 0.3 is 0 Å². The van der Waals surface area contributed by atoms with Crippen LogP contribution in [0, 0.1) is 0 Å². The first-order chi connectivity index (χ1) is 7.66. The van der Waals surface area contributed by atoms with Gasteiger partial charge in [0.1, 0.15) is 0 Å². The van der Waals surface area contributed by atoms with Crippen LogP contribution in [0.4, 0.5) is 5.95 Å². The van der Waals surface area contributed by atoms with Gasteiger partial charge in [0, 0.05) is 18.9 Å². The third kappa shape index (κ3) is 2.02. The van der Waals surface area contributed by atoms with E-state index in [1.807, 2.05) is 29.9 Å². The van der Waals surface area contributed by atoms with Crippen molar-refractivity contribution in [2.75, 3.05) is 5.73 Å². The Labute approximate surface area is 91.7 Å². The van der Waals surface area contributed by atoms with Crippen LogP contribution in [0.1, 0.15) is 16.3 Å². The number of nitrogen functional groups attached to an aromatic ring is 1. The van der Waals surface area contributed by atoms with Crippen molar-refractivity contribution in [3.63, 3.8) is 0 Å². The molecule has 2 aromatic heterocycles. The van der Waals surface area contributed by atoms with Crippen molar-refractivity contribution in [2.45, 2.75) is 6.54 Å². The van der Waals surface area contributed by atoms with Crippen molar-refractivity contribution in [3.05, 3.63) is 29.8 Å². The second-order valence-electron chi connectivity index (χ2n) is 3.34. The standard InChI is InChI=1S/C9H12N6O/c1-15-4-2-3-6(15)5-11-8(16)7-12-9(10)14-13-7/h2-4H,5H2,1H3,(H,11,16)(H3,10,12,13,14). The molecular formula is C9H12N6O. The Hall–Kier alpha value is -2.31. The van der Waals surface area contributed by atoms with E-state index in [2.05, 4.69) is 20.5 Å². The van der Waals surface area contributed by atoms with Crippen molar-refractivity contribution in [2.24, 2.45) is 7.05 Å². The van der Waals surface area contributed by atoms with Crippen LogP contribution in [0.15, 0.2) is 18.3 Å². The van der Waals surface area contributed by atoms with Gasteiger partial charge in [0.05, 0.1) is 6.54 Å². The molecular weight excluding hydrogens is 208 g/mol. The van der Waals surface area contributed by atoms with E-state index >= 15 is 0 Å². The van der Waals surface area contributed by atoms with Crippen molar-refractivity contribution in [1.82, 2.24) is 25.1 Å². The smallest absolute Gasteiger partial charge is 0.288 e. The number of rotatable bonds is 3. The molecule has 0 aliphatic rings. The zero-order chi connectivity index (χ0) is 11.5. The van der Waals surface area contributed by atoms with Crippen molar-refractivity contribution < 1.29 is 4.79 Å². The molecule has 2 aromatic rings. The fraction of sp³-hybridized carbons (Fsp3) is 0.222. The first kappa shape index (κ1) is 10.2. The first-order valence-corrected chi connectivity index (χ1v) is 4.73. The van der Waals surface area contributed by atoms with Gasteiger partial charge in [-0.25, -0.2) is 0 Å². The molecule has 0 aromatic carbocycles. The van der Waals surface area contributed by atoms with Gasteiger partial charge in [-0.2, -0.15) is 4.98 Å². The average Bonchev–Trinajstić information content (AvgIpc) is 2.84. The molecule has 0 radical (unpaired) electrons. The zero-order valence-corrected chi connectivity index (χ0v) is 8.77. The fourth-order valence-corrected chi connectivity index (χ4v) is 1.31. The van der Waals surface area contributed by atoms with Crippen molar-refractivity contribution in [3.8, 4) is 0 Å². The van der Waals surface area contributed by atoms with Gasteiger partial charge < -0.3 is 15.6 Å². The Morgan fingerprint density at radius 2 is 2.50 bits per heavy atom. The second kappa shape index (κ2) is 4.05. The number of carbonyl (C=O) groups excluding carboxylic acids is 1. The fourth-order valence-electron chi connectivity index (χ4n) is 1.31. The quantitative estimate of drug-likeness (QED) is 0.658. The largest absolute Gasteiger partial charge is 0.366 e. The SMILES string of the molecule is Cn1cccc1CNC(=O)c1nc(N)n[nH]1. The van der Waals surface area contributed by atoms with Gasteiger partial charge in [0.25, 0.3) is 5.91 Å². The molecule has 0 atom stereocenters. The summed E-state index contributed by atoms with van der Waals surface area (Å²) in [6.45, 7) is 0.433. The minimum atomic E-state index is -0.328. The van der Waals surface area contributed by atoms with Crippen LogP contribution in [0.3, 0.4) is 0 Å². The van der Waals surface area contributed by atoms with Crippen LogP contribution in [0.2, 0.25) is 0 Å². The van der Waals surface area contributed by atoms with E-state index in [1.165, 1.54) is 0 Å². The number of anilines is 1. The van der Waals surface area contributed by atoms with Gasteiger partial charge in [-0.15, -0.1) is 5.10 Å². The number of aromatic amines is 1. The summed E-state index contributed by atoms with van der Waals surface area (Å²) in [7, 11) is 1.91. The Morgan fingerprint density at radius 3 is 3.06 bits per heavy atom. The van der Waals surface area contributed by atoms with E-state index in [0.29, 0.717) is 6.54 Å². The van der Waals surface area contributed by atoms with E-state index in [9.17, 15) is 4.79 Å². The van der Waals surface area contributed by atoms with Gasteiger partial charge in [0.15, 0.2) is 0 Å². The molecule has 0 aliphatic heterocycles. The third-order valence-corrected chi connectivity index (χ3v) is 2.20. The molecule has 16 heavy (non-hydrogen) atoms. The van der Waals surface area contributed by atoms with Crippen LogP contribution in [0.5, 0.6) is 0 Å². The highest BCUT2D eigenvalue weighted by Crippen LogP contribution is 1.99. The molecule has 1 amide bonds. The predicted molar refractivity (Wildman–Crippen MR) is 57.4 cm³/mol. The van der Waals surface area contributed by atoms with E-state index in [0.717, 1.165) is 5.69 Å². The van der Waals surface area contributed by atoms with E-state index in [1.54, 1.807) is 0 Å². The third-order valence-electron chi connectivity index (χ3n) is 2.20. The normalized spacial score (nSPS) is 10.3. The number of amides is 1. The first-order valence-electron chi connectivity index (χ1n) is 4.73. The Balaban J connectivity index is 1.96. The van der Waals surface area contributed by atoms with Crippen LogP contribution >= 0.6 is 0 Å². The molecule has 0 unspecified atom stereocenters. The van der Waals surface area contributed by atoms with Gasteiger partial charge in [-0.1, -0.05) is 0 Å². The molecule has 0 spiro atoms. The van der Waals surface area contributed by atoms with Gasteiger partial charge in [-0.05, 0) is 12.1 Å². The molecule has 0 bridgehead atoms. The zero-order valence-electron chi connectivity index (χ0n) is 8.77. The summed E-state index contributed by atoms with van der Waals surface area (Å²) < 4.78 is 1.93. The summed E-state index contributed by atoms with van der Waals surface area (Å²) in [5, 5.41) is 8.73. The summed E-state index contributed by atoms with van der Waals surface area (Å²) in [4.78, 5) is 15.3. The van der Waals surface area contributed by atoms with E-state index in [4.69, 9.17) is 5.73 Å². The lowest BCUT2D eigenvalue weighted by atomic mass is 10.4. The second-order valence-corrected chi connectivity index (χ2v) is 3.34. The molecule has 4 N–H and O–H groups in total. The van der Waals surface area contributed by atoms with Crippen LogP contribution in [-0.4, -0.2) is 25.7 Å². The Morgan fingerprint density at radius 1 is 1.69 bits per heavy atom. The maximum absolute atomic E-state index is 11.6. The number of aryl methyl sites for hydroxylation is 1. The highest BCUT2D eigenvalue weighted by atomic mass is 16.2. The van der Waals surface area contributed by atoms with E-state index < -0.39 is 0 Å². The maximum atomic E-state index is 11.6. The van der Waals surface area contributed by atoms with Gasteiger partial charge in [0.2, 0.25) is 11.8 Å². The number of nitrogens with two attached hydrogens (primary N) is 1. The minimum absolute atomic E-state index is 0.0593. The highest BCUT2D eigenvalue weighted by molar-refractivity contribution is 5.90. The summed E-state index contributed by atoms with van der Waals surface area (Å²) >= 11 is 0. The molecule has 84 valence electrons. The lowest BCUT2D eigenvalue weighted by molar-refractivity contribution is 0.0940. The summed E-state index contributed by atoms with van der Waals surface area (Å²) in [6, 6.07) is 3.84. The summed E-state index contributed by atoms with van der Waals surface area (Å²) in [5.41, 5.74) is 6.29.